The van der Waals surface area contributed by atoms with Crippen molar-refractivity contribution in [2.24, 2.45) is 5.73 Å². The summed E-state index contributed by atoms with van der Waals surface area (Å²) in [5, 5.41) is 14.0. The molecule has 14 heteroatoms. The summed E-state index contributed by atoms with van der Waals surface area (Å²) in [4.78, 5) is 29.9. The Balaban J connectivity index is 1.81. The number of nitrogens with zero attached hydrogens (tertiary/aromatic N) is 2. The Bertz CT molecular complexity index is 1940. The molecular formula is C28H18ClF5N4O4. The molecule has 3 amide bonds. The number of methoxy groups -OCH3 is 1. The van der Waals surface area contributed by atoms with Crippen molar-refractivity contribution in [1.82, 2.24) is 10.3 Å². The van der Waals surface area contributed by atoms with Crippen LogP contribution in [-0.2, 0) is 5.60 Å². The van der Waals surface area contributed by atoms with Gasteiger partial charge in [0, 0.05) is 38.7 Å². The number of hydrogen-bond donors (Lipinski definition) is 3. The summed E-state index contributed by atoms with van der Waals surface area (Å²) in [5.74, 6) is -2.93. The number of urea groups is 1. The van der Waals surface area contributed by atoms with Crippen molar-refractivity contribution < 1.29 is 44.1 Å². The number of nitrogens with two attached hydrogens (primary N) is 1. The molecule has 2 atom stereocenters. The fourth-order valence-electron chi connectivity index (χ4n) is 5.42. The van der Waals surface area contributed by atoms with Gasteiger partial charge in [-0.3, -0.25) is 9.69 Å². The third-order valence-electron chi connectivity index (χ3n) is 7.19. The Hall–Kier alpha value is -4.49. The first kappa shape index (κ1) is 25.2. The van der Waals surface area contributed by atoms with Crippen LogP contribution >= 0.6 is 11.6 Å². The number of nitrogens with one attached hydrogen (secondary N) is 1. The maximum atomic E-state index is 16.1. The molecule has 8 nitrogen and oxygen atoms in total. The van der Waals surface area contributed by atoms with Crippen LogP contribution < -0.4 is 20.7 Å². The van der Waals surface area contributed by atoms with Crippen molar-refractivity contribution in [2.45, 2.75) is 17.8 Å². The summed E-state index contributed by atoms with van der Waals surface area (Å²) >= 11 is 6.35. The minimum atomic E-state index is -5.83. The molecular weight excluding hydrogens is 587 g/mol. The normalized spacial score (nSPS) is 21.5. The number of pyridine rings is 1. The van der Waals surface area contributed by atoms with Gasteiger partial charge in [-0.2, -0.15) is 13.2 Å². The monoisotopic (exact) mass is 606 g/mol. The molecule has 0 fully saturated rings. The molecule has 216 valence electrons. The van der Waals surface area contributed by atoms with Crippen LogP contribution in [0.25, 0.3) is 22.0 Å². The van der Waals surface area contributed by atoms with E-state index in [9.17, 15) is 32.3 Å². The highest BCUT2D eigenvalue weighted by Gasteiger charge is 2.62. The van der Waals surface area contributed by atoms with E-state index in [1.165, 1.54) is 25.3 Å². The molecule has 1 aromatic heterocycles. The van der Waals surface area contributed by atoms with E-state index >= 15 is 4.39 Å². The second-order valence-corrected chi connectivity index (χ2v) is 9.92. The van der Waals surface area contributed by atoms with E-state index in [1.54, 1.807) is 0 Å². The number of amides is 3. The summed E-state index contributed by atoms with van der Waals surface area (Å²) < 4.78 is 96.4. The number of ether oxygens (including phenoxy) is 1. The number of aliphatic hydroxyl groups is 1. The van der Waals surface area contributed by atoms with Crippen LogP contribution in [0.2, 0.25) is 5.02 Å². The molecule has 0 spiro atoms. The standard InChI is InChI=1S/C28H18ClF5N4O4/c1-42-19-7-3-12-17(36-19)9-14(21-22(12)25(39)37-24(21)13-8-11(30)2-4-15(13)29)20-16(31)5-6-18-23(20)27(41,28(32,33)34)10-38(18)26(35)40/h2-9,24,41H,10H2,1H3,(H2,35,40)(H,37,39)/i10D2. The number of halogens is 6. The molecule has 6 rings (SSSR count). The Morgan fingerprint density at radius 3 is 2.62 bits per heavy atom. The van der Waals surface area contributed by atoms with Gasteiger partial charge in [0.25, 0.3) is 5.91 Å². The number of fused-ring (bicyclic) bond motifs is 4. The first-order valence-corrected chi connectivity index (χ1v) is 12.4. The van der Waals surface area contributed by atoms with Gasteiger partial charge in [0.2, 0.25) is 11.5 Å². The summed E-state index contributed by atoms with van der Waals surface area (Å²) in [6.45, 7) is -3.96. The zero-order valence-corrected chi connectivity index (χ0v) is 21.9. The lowest BCUT2D eigenvalue weighted by Crippen LogP contribution is -2.48. The molecule has 2 unspecified atom stereocenters. The van der Waals surface area contributed by atoms with E-state index in [0.29, 0.717) is 12.1 Å². The van der Waals surface area contributed by atoms with Crippen LogP contribution in [0.15, 0.2) is 48.5 Å². The van der Waals surface area contributed by atoms with Crippen molar-refractivity contribution in [3.8, 4) is 17.0 Å². The summed E-state index contributed by atoms with van der Waals surface area (Å²) in [5.41, 5.74) is -3.41. The highest BCUT2D eigenvalue weighted by atomic mass is 35.5. The second kappa shape index (κ2) is 9.26. The number of carbonyl (C=O) groups is 2. The Morgan fingerprint density at radius 1 is 1.21 bits per heavy atom. The zero-order chi connectivity index (χ0) is 32.1. The third-order valence-corrected chi connectivity index (χ3v) is 7.53. The Labute approximate surface area is 241 Å². The number of benzene rings is 3. The molecule has 0 saturated heterocycles. The maximum Gasteiger partial charge on any atom is 0.423 e. The van der Waals surface area contributed by atoms with Gasteiger partial charge >= 0.3 is 12.2 Å². The van der Waals surface area contributed by atoms with E-state index in [-0.39, 0.29) is 43.4 Å². The quantitative estimate of drug-likeness (QED) is 0.273. The van der Waals surface area contributed by atoms with Crippen LogP contribution in [0, 0.1) is 11.6 Å². The van der Waals surface area contributed by atoms with Gasteiger partial charge in [0.1, 0.15) is 11.6 Å². The maximum absolute atomic E-state index is 16.1. The van der Waals surface area contributed by atoms with Gasteiger partial charge in [-0.1, -0.05) is 11.6 Å². The molecule has 0 radical (unpaired) electrons. The van der Waals surface area contributed by atoms with Crippen molar-refractivity contribution in [3.63, 3.8) is 0 Å². The Morgan fingerprint density at radius 2 is 1.95 bits per heavy atom. The second-order valence-electron chi connectivity index (χ2n) is 9.52. The van der Waals surface area contributed by atoms with Crippen molar-refractivity contribution in [2.75, 3.05) is 18.5 Å². The molecule has 42 heavy (non-hydrogen) atoms. The number of carbonyl (C=O) groups excluding carboxylic acids is 2. The molecule has 3 aromatic carbocycles. The number of β-amino-alcohol motifs (C(OH)–C–C–N with tert-alkyl or cyclic N) is 1. The summed E-state index contributed by atoms with van der Waals surface area (Å²) in [7, 11) is 1.28. The first-order valence-electron chi connectivity index (χ1n) is 13.0. The van der Waals surface area contributed by atoms with E-state index in [0.717, 1.165) is 18.2 Å². The largest absolute Gasteiger partial charge is 0.481 e. The minimum Gasteiger partial charge on any atom is -0.481 e. The number of primary amides is 1. The zero-order valence-electron chi connectivity index (χ0n) is 23.1. The molecule has 0 saturated carbocycles. The average Bonchev–Trinajstić information content (AvgIpc) is 3.38. The van der Waals surface area contributed by atoms with Gasteiger partial charge < -0.3 is 20.9 Å². The minimum absolute atomic E-state index is 0.0216. The van der Waals surface area contributed by atoms with Gasteiger partial charge in [0.05, 0.1) is 39.2 Å². The number of hydrogen-bond acceptors (Lipinski definition) is 5. The van der Waals surface area contributed by atoms with Crippen LogP contribution in [0.5, 0.6) is 5.88 Å². The number of anilines is 1. The molecule has 0 aliphatic carbocycles. The SMILES string of the molecule is [2H]C1([2H])N(C(N)=O)c2ccc(F)c(-c3cc4nc(OC)ccc4c4c3C(c3cc(F)ccc3Cl)NC4=O)c2C1(O)C(F)(F)F. The van der Waals surface area contributed by atoms with Crippen molar-refractivity contribution >= 4 is 40.1 Å². The molecule has 3 heterocycles. The van der Waals surface area contributed by atoms with Gasteiger partial charge in [-0.15, -0.1) is 0 Å². The van der Waals surface area contributed by atoms with E-state index in [4.69, 9.17) is 24.8 Å². The average molecular weight is 607 g/mol. The van der Waals surface area contributed by atoms with Crippen LogP contribution in [0.4, 0.5) is 32.4 Å². The number of rotatable bonds is 3. The first-order chi connectivity index (χ1) is 20.5. The van der Waals surface area contributed by atoms with Crippen molar-refractivity contribution in [3.05, 3.63) is 87.4 Å². The van der Waals surface area contributed by atoms with Crippen LogP contribution in [0.1, 0.15) is 35.8 Å². The van der Waals surface area contributed by atoms with E-state index in [2.05, 4.69) is 10.3 Å². The smallest absolute Gasteiger partial charge is 0.423 e. The number of aromatic nitrogens is 1. The lowest BCUT2D eigenvalue weighted by Gasteiger charge is -2.29. The molecule has 0 bridgehead atoms. The van der Waals surface area contributed by atoms with Crippen LogP contribution in [0.3, 0.4) is 0 Å². The van der Waals surface area contributed by atoms with Crippen molar-refractivity contribution in [1.29, 1.82) is 0 Å². The van der Waals surface area contributed by atoms with Gasteiger partial charge in [-0.25, -0.2) is 18.6 Å². The van der Waals surface area contributed by atoms with Crippen LogP contribution in [-0.4, -0.2) is 41.8 Å². The van der Waals surface area contributed by atoms with E-state index < -0.39 is 70.3 Å². The molecule has 4 aromatic rings. The Kier molecular flexibility index (Phi) is 5.56. The molecule has 2 aliphatic heterocycles. The third kappa shape index (κ3) is 3.87. The molecule has 4 N–H and O–H groups in total. The fraction of sp³-hybridized carbons (Fsp3) is 0.179. The van der Waals surface area contributed by atoms with E-state index in [1.807, 2.05) is 0 Å². The topological polar surface area (TPSA) is 118 Å². The highest BCUT2D eigenvalue weighted by molar-refractivity contribution is 6.31. The van der Waals surface area contributed by atoms with Gasteiger partial charge in [0.15, 0.2) is 0 Å². The molecule has 2 aliphatic rings. The van der Waals surface area contributed by atoms with Gasteiger partial charge in [-0.05, 0) is 48.0 Å². The lowest BCUT2D eigenvalue weighted by molar-refractivity contribution is -0.258. The number of alkyl halides is 3. The predicted octanol–water partition coefficient (Wildman–Crippen LogP) is 5.32. The highest BCUT2D eigenvalue weighted by Crippen LogP contribution is 2.55. The fourth-order valence-corrected chi connectivity index (χ4v) is 5.65. The lowest BCUT2D eigenvalue weighted by atomic mass is 9.82. The summed E-state index contributed by atoms with van der Waals surface area (Å²) in [6, 6.07) is 5.43. The summed E-state index contributed by atoms with van der Waals surface area (Å²) in [6.07, 6.45) is -5.83. The predicted molar refractivity (Wildman–Crippen MR) is 141 cm³/mol.